The molecule has 1 aliphatic heterocycles. The first-order valence-corrected chi connectivity index (χ1v) is 9.37. The number of nitrogens with two attached hydrogens (primary N) is 1. The molecular weight excluding hydrogens is 357 g/mol. The lowest BCUT2D eigenvalue weighted by Crippen LogP contribution is -2.38. The van der Waals surface area contributed by atoms with Crippen LogP contribution in [0.3, 0.4) is 0 Å². The van der Waals surface area contributed by atoms with Crippen LogP contribution in [0, 0.1) is 11.7 Å². The number of hydrogen-bond donors (Lipinski definition) is 1. The number of aromatic nitrogens is 3. The Morgan fingerprint density at radius 2 is 1.96 bits per heavy atom. The summed E-state index contributed by atoms with van der Waals surface area (Å²) in [6.07, 6.45) is 6.75. The van der Waals surface area contributed by atoms with Gasteiger partial charge >= 0.3 is 0 Å². The van der Waals surface area contributed by atoms with Crippen LogP contribution >= 0.6 is 0 Å². The molecule has 0 atom stereocenters. The Hall–Kier alpha value is -3.22. The second-order valence-corrected chi connectivity index (χ2v) is 7.08. The molecule has 4 rings (SSSR count). The second kappa shape index (κ2) is 7.80. The molecule has 2 aromatic heterocycles. The Kier molecular flexibility index (Phi) is 5.06. The minimum absolute atomic E-state index is 0.0428. The van der Waals surface area contributed by atoms with Crippen LogP contribution in [0.25, 0.3) is 11.1 Å². The van der Waals surface area contributed by atoms with Gasteiger partial charge in [-0.15, -0.1) is 0 Å². The zero-order chi connectivity index (χ0) is 19.5. The van der Waals surface area contributed by atoms with E-state index in [4.69, 9.17) is 5.73 Å². The highest BCUT2D eigenvalue weighted by Crippen LogP contribution is 2.26. The molecule has 7 heteroatoms. The van der Waals surface area contributed by atoms with Crippen molar-refractivity contribution in [2.24, 2.45) is 11.7 Å². The fourth-order valence-corrected chi connectivity index (χ4v) is 3.56. The Labute approximate surface area is 162 Å². The maximum atomic E-state index is 14.5. The van der Waals surface area contributed by atoms with Gasteiger partial charge in [-0.3, -0.25) is 9.48 Å². The van der Waals surface area contributed by atoms with Gasteiger partial charge in [0.1, 0.15) is 11.6 Å². The highest BCUT2D eigenvalue weighted by atomic mass is 19.1. The second-order valence-electron chi connectivity index (χ2n) is 7.08. The molecule has 1 fully saturated rings. The van der Waals surface area contributed by atoms with Crippen molar-refractivity contribution in [1.29, 1.82) is 0 Å². The minimum atomic E-state index is -0.259. The molecule has 0 saturated carbocycles. The zero-order valence-corrected chi connectivity index (χ0v) is 15.5. The first kappa shape index (κ1) is 18.2. The van der Waals surface area contributed by atoms with Crippen molar-refractivity contribution in [3.8, 4) is 11.1 Å². The van der Waals surface area contributed by atoms with Gasteiger partial charge in [0.15, 0.2) is 0 Å². The van der Waals surface area contributed by atoms with Crippen LogP contribution in [0.15, 0.2) is 55.0 Å². The van der Waals surface area contributed by atoms with Gasteiger partial charge in [0.25, 0.3) is 0 Å². The van der Waals surface area contributed by atoms with Gasteiger partial charge in [-0.05, 0) is 42.7 Å². The molecule has 144 valence electrons. The van der Waals surface area contributed by atoms with E-state index in [0.29, 0.717) is 12.1 Å². The number of pyridine rings is 1. The summed E-state index contributed by atoms with van der Waals surface area (Å²) in [5.74, 6) is 0.341. The van der Waals surface area contributed by atoms with Crippen molar-refractivity contribution in [2.45, 2.75) is 19.4 Å². The van der Waals surface area contributed by atoms with Gasteiger partial charge in [0.05, 0.1) is 6.54 Å². The van der Waals surface area contributed by atoms with E-state index in [9.17, 15) is 9.18 Å². The van der Waals surface area contributed by atoms with Crippen molar-refractivity contribution in [2.75, 3.05) is 18.0 Å². The zero-order valence-electron chi connectivity index (χ0n) is 15.5. The van der Waals surface area contributed by atoms with E-state index in [-0.39, 0.29) is 17.6 Å². The number of amides is 1. The lowest BCUT2D eigenvalue weighted by molar-refractivity contribution is -0.122. The van der Waals surface area contributed by atoms with Crippen LogP contribution in [0.4, 0.5) is 10.2 Å². The van der Waals surface area contributed by atoms with E-state index >= 15 is 0 Å². The Morgan fingerprint density at radius 1 is 1.18 bits per heavy atom. The first-order chi connectivity index (χ1) is 13.6. The average molecular weight is 379 g/mol. The molecule has 28 heavy (non-hydrogen) atoms. The third-order valence-electron chi connectivity index (χ3n) is 5.25. The van der Waals surface area contributed by atoms with E-state index < -0.39 is 0 Å². The topological polar surface area (TPSA) is 77.0 Å². The van der Waals surface area contributed by atoms with E-state index in [0.717, 1.165) is 42.9 Å². The fourth-order valence-electron chi connectivity index (χ4n) is 3.56. The van der Waals surface area contributed by atoms with Crippen LogP contribution in [0.2, 0.25) is 0 Å². The van der Waals surface area contributed by atoms with Crippen LogP contribution < -0.4 is 10.6 Å². The minimum Gasteiger partial charge on any atom is -0.369 e. The molecule has 0 aliphatic carbocycles. The predicted molar refractivity (Wildman–Crippen MR) is 105 cm³/mol. The number of primary amides is 1. The fraction of sp³-hybridized carbons (Fsp3) is 0.286. The Bertz CT molecular complexity index is 947. The molecule has 0 bridgehead atoms. The largest absolute Gasteiger partial charge is 0.369 e. The standard InChI is InChI=1S/C21H22FN5O/c22-19-12-16(2-3-18(19)14-27-9-1-8-25-27)17-4-5-20(24-13-17)26-10-6-15(7-11-26)21(23)28/h1-5,8-9,12-13,15H,6-7,10-11,14H2,(H2,23,28). The molecule has 6 nitrogen and oxygen atoms in total. The number of nitrogens with zero attached hydrogens (tertiary/aromatic N) is 4. The number of anilines is 1. The van der Waals surface area contributed by atoms with Gasteiger partial charge in [-0.2, -0.15) is 5.10 Å². The number of rotatable bonds is 5. The summed E-state index contributed by atoms with van der Waals surface area (Å²) in [4.78, 5) is 18.0. The first-order valence-electron chi connectivity index (χ1n) is 9.37. The number of hydrogen-bond acceptors (Lipinski definition) is 4. The summed E-state index contributed by atoms with van der Waals surface area (Å²) in [5, 5.41) is 4.11. The van der Waals surface area contributed by atoms with E-state index in [1.165, 1.54) is 6.07 Å². The molecule has 1 amide bonds. The van der Waals surface area contributed by atoms with Gasteiger partial charge in [0, 0.05) is 48.7 Å². The van der Waals surface area contributed by atoms with E-state index in [1.807, 2.05) is 30.5 Å². The lowest BCUT2D eigenvalue weighted by Gasteiger charge is -2.31. The SMILES string of the molecule is NC(=O)C1CCN(c2ccc(-c3ccc(Cn4cccn4)c(F)c3)cn2)CC1. The third-order valence-corrected chi connectivity index (χ3v) is 5.25. The molecule has 2 N–H and O–H groups in total. The molecule has 0 unspecified atom stereocenters. The van der Waals surface area contributed by atoms with Gasteiger partial charge < -0.3 is 10.6 Å². The molecule has 3 aromatic rings. The maximum Gasteiger partial charge on any atom is 0.220 e. The maximum absolute atomic E-state index is 14.5. The smallest absolute Gasteiger partial charge is 0.220 e. The number of halogens is 1. The molecule has 3 heterocycles. The third kappa shape index (κ3) is 3.88. The van der Waals surface area contributed by atoms with Gasteiger partial charge in [-0.25, -0.2) is 9.37 Å². The van der Waals surface area contributed by atoms with Crippen molar-refractivity contribution < 1.29 is 9.18 Å². The van der Waals surface area contributed by atoms with Gasteiger partial charge in [-0.1, -0.05) is 12.1 Å². The van der Waals surface area contributed by atoms with Crippen LogP contribution in [-0.4, -0.2) is 33.8 Å². The van der Waals surface area contributed by atoms with Crippen LogP contribution in [-0.2, 0) is 11.3 Å². The molecular formula is C21H22FN5O. The summed E-state index contributed by atoms with van der Waals surface area (Å²) >= 11 is 0. The summed E-state index contributed by atoms with van der Waals surface area (Å²) in [6, 6.07) is 10.9. The highest BCUT2D eigenvalue weighted by Gasteiger charge is 2.23. The van der Waals surface area contributed by atoms with Crippen molar-refractivity contribution in [3.63, 3.8) is 0 Å². The number of carbonyl (C=O) groups excluding carboxylic acids is 1. The number of carbonyl (C=O) groups is 1. The van der Waals surface area contributed by atoms with E-state index in [1.54, 1.807) is 23.1 Å². The summed E-state index contributed by atoms with van der Waals surface area (Å²) < 4.78 is 16.2. The Balaban J connectivity index is 1.45. The lowest BCUT2D eigenvalue weighted by atomic mass is 9.96. The number of benzene rings is 1. The molecule has 0 spiro atoms. The average Bonchev–Trinajstić information content (AvgIpc) is 3.23. The molecule has 0 radical (unpaired) electrons. The quantitative estimate of drug-likeness (QED) is 0.740. The van der Waals surface area contributed by atoms with Crippen molar-refractivity contribution in [3.05, 3.63) is 66.4 Å². The molecule has 1 saturated heterocycles. The summed E-state index contributed by atoms with van der Waals surface area (Å²) in [6.45, 7) is 1.92. The van der Waals surface area contributed by atoms with Crippen molar-refractivity contribution in [1.82, 2.24) is 14.8 Å². The molecule has 1 aliphatic rings. The normalized spacial score (nSPS) is 15.0. The monoisotopic (exact) mass is 379 g/mol. The van der Waals surface area contributed by atoms with Gasteiger partial charge in [0.2, 0.25) is 5.91 Å². The predicted octanol–water partition coefficient (Wildman–Crippen LogP) is 2.83. The van der Waals surface area contributed by atoms with Crippen LogP contribution in [0.1, 0.15) is 18.4 Å². The molecule has 1 aromatic carbocycles. The van der Waals surface area contributed by atoms with Crippen molar-refractivity contribution >= 4 is 11.7 Å². The summed E-state index contributed by atoms with van der Waals surface area (Å²) in [5.41, 5.74) is 7.63. The van der Waals surface area contributed by atoms with E-state index in [2.05, 4.69) is 15.0 Å². The van der Waals surface area contributed by atoms with Crippen LogP contribution in [0.5, 0.6) is 0 Å². The number of piperidine rings is 1. The summed E-state index contributed by atoms with van der Waals surface area (Å²) in [7, 11) is 0. The highest BCUT2D eigenvalue weighted by molar-refractivity contribution is 5.77. The Morgan fingerprint density at radius 3 is 2.57 bits per heavy atom.